The van der Waals surface area contributed by atoms with E-state index in [-0.39, 0.29) is 12.0 Å². The van der Waals surface area contributed by atoms with Gasteiger partial charge in [-0.15, -0.1) is 0 Å². The van der Waals surface area contributed by atoms with Gasteiger partial charge in [0.05, 0.1) is 5.92 Å². The summed E-state index contributed by atoms with van der Waals surface area (Å²) in [6.07, 6.45) is 1.86. The Balaban J connectivity index is 2.59. The number of carboxylic acids is 1. The lowest BCUT2D eigenvalue weighted by Crippen LogP contribution is -2.45. The van der Waals surface area contributed by atoms with E-state index in [1.165, 1.54) is 0 Å². The highest BCUT2D eigenvalue weighted by Gasteiger charge is 2.31. The predicted molar refractivity (Wildman–Crippen MR) is 47.1 cm³/mol. The van der Waals surface area contributed by atoms with Crippen molar-refractivity contribution in [2.45, 2.75) is 32.7 Å². The van der Waals surface area contributed by atoms with Crippen LogP contribution < -0.4 is 0 Å². The van der Waals surface area contributed by atoms with E-state index in [4.69, 9.17) is 5.11 Å². The zero-order valence-corrected chi connectivity index (χ0v) is 7.79. The summed E-state index contributed by atoms with van der Waals surface area (Å²) in [5.74, 6) is -0.792. The van der Waals surface area contributed by atoms with Crippen LogP contribution in [0.5, 0.6) is 0 Å². The quantitative estimate of drug-likeness (QED) is 0.678. The van der Waals surface area contributed by atoms with Gasteiger partial charge in [-0.3, -0.25) is 4.79 Å². The van der Waals surface area contributed by atoms with Crippen LogP contribution in [0.3, 0.4) is 0 Å². The van der Waals surface area contributed by atoms with Crippen molar-refractivity contribution in [2.24, 2.45) is 5.92 Å². The van der Waals surface area contributed by atoms with Crippen LogP contribution in [-0.4, -0.2) is 35.1 Å². The Hall–Kier alpha value is -0.570. The number of rotatable bonds is 2. The third kappa shape index (κ3) is 1.78. The Morgan fingerprint density at radius 2 is 2.33 bits per heavy atom. The number of piperidine rings is 1. The maximum absolute atomic E-state index is 10.8. The first kappa shape index (κ1) is 9.52. The number of carboxylic acid groups (broad SMARTS) is 1. The van der Waals surface area contributed by atoms with Crippen LogP contribution in [0, 0.1) is 5.92 Å². The van der Waals surface area contributed by atoms with Crippen molar-refractivity contribution >= 4 is 5.97 Å². The highest BCUT2D eigenvalue weighted by molar-refractivity contribution is 5.70. The standard InChI is InChI=1S/C9H17NO2/c1-3-10-6-4-5-8(7(10)2)9(11)12/h7-8H,3-6H2,1-2H3,(H,11,12)/t7-,8+/m1/s1. The molecule has 1 aliphatic rings. The molecular weight excluding hydrogens is 154 g/mol. The largest absolute Gasteiger partial charge is 0.481 e. The van der Waals surface area contributed by atoms with Gasteiger partial charge in [0.2, 0.25) is 0 Å². The molecule has 1 rings (SSSR count). The van der Waals surface area contributed by atoms with Crippen molar-refractivity contribution in [3.63, 3.8) is 0 Å². The maximum Gasteiger partial charge on any atom is 0.308 e. The molecule has 70 valence electrons. The Morgan fingerprint density at radius 3 is 2.83 bits per heavy atom. The van der Waals surface area contributed by atoms with Crippen LogP contribution >= 0.6 is 0 Å². The SMILES string of the molecule is CCN1CCC[C@H](C(=O)O)[C@H]1C. The van der Waals surface area contributed by atoms with Gasteiger partial charge in [-0.1, -0.05) is 6.92 Å². The number of carbonyl (C=O) groups is 1. The number of aliphatic carboxylic acids is 1. The average Bonchev–Trinajstić information content (AvgIpc) is 2.04. The van der Waals surface area contributed by atoms with Crippen molar-refractivity contribution in [2.75, 3.05) is 13.1 Å². The molecule has 0 spiro atoms. The lowest BCUT2D eigenvalue weighted by Gasteiger charge is -2.36. The molecule has 2 atom stereocenters. The zero-order valence-electron chi connectivity index (χ0n) is 7.79. The van der Waals surface area contributed by atoms with Crippen molar-refractivity contribution in [3.05, 3.63) is 0 Å². The van der Waals surface area contributed by atoms with Crippen LogP contribution in [0.2, 0.25) is 0 Å². The van der Waals surface area contributed by atoms with Gasteiger partial charge in [0, 0.05) is 6.04 Å². The van der Waals surface area contributed by atoms with Crippen molar-refractivity contribution in [1.82, 2.24) is 4.90 Å². The van der Waals surface area contributed by atoms with E-state index in [9.17, 15) is 4.79 Å². The fraction of sp³-hybridized carbons (Fsp3) is 0.889. The van der Waals surface area contributed by atoms with Crippen molar-refractivity contribution < 1.29 is 9.90 Å². The third-order valence-electron chi connectivity index (χ3n) is 2.84. The molecule has 12 heavy (non-hydrogen) atoms. The van der Waals surface area contributed by atoms with E-state index in [0.29, 0.717) is 0 Å². The molecule has 1 heterocycles. The molecule has 0 aromatic heterocycles. The normalized spacial score (nSPS) is 31.8. The lowest BCUT2D eigenvalue weighted by molar-refractivity contribution is -0.145. The van der Waals surface area contributed by atoms with Crippen LogP contribution in [0.1, 0.15) is 26.7 Å². The summed E-state index contributed by atoms with van der Waals surface area (Å²) in [4.78, 5) is 13.0. The first-order valence-corrected chi connectivity index (χ1v) is 4.63. The summed E-state index contributed by atoms with van der Waals surface area (Å²) in [6.45, 7) is 6.12. The highest BCUT2D eigenvalue weighted by Crippen LogP contribution is 2.22. The number of hydrogen-bond acceptors (Lipinski definition) is 2. The van der Waals surface area contributed by atoms with Crippen LogP contribution in [-0.2, 0) is 4.79 Å². The fourth-order valence-corrected chi connectivity index (χ4v) is 1.99. The summed E-state index contributed by atoms with van der Waals surface area (Å²) >= 11 is 0. The monoisotopic (exact) mass is 171 g/mol. The highest BCUT2D eigenvalue weighted by atomic mass is 16.4. The van der Waals surface area contributed by atoms with E-state index in [1.54, 1.807) is 0 Å². The van der Waals surface area contributed by atoms with Crippen LogP contribution in [0.4, 0.5) is 0 Å². The third-order valence-corrected chi connectivity index (χ3v) is 2.84. The second-order valence-electron chi connectivity index (χ2n) is 3.46. The van der Waals surface area contributed by atoms with Gasteiger partial charge in [-0.25, -0.2) is 0 Å². The van der Waals surface area contributed by atoms with E-state index in [0.717, 1.165) is 25.9 Å². The number of hydrogen-bond donors (Lipinski definition) is 1. The van der Waals surface area contributed by atoms with Crippen molar-refractivity contribution in [1.29, 1.82) is 0 Å². The molecule has 1 N–H and O–H groups in total. The first-order valence-electron chi connectivity index (χ1n) is 4.63. The van der Waals surface area contributed by atoms with Crippen molar-refractivity contribution in [3.8, 4) is 0 Å². The first-order chi connectivity index (χ1) is 5.66. The molecule has 0 aromatic carbocycles. The van der Waals surface area contributed by atoms with E-state index in [2.05, 4.69) is 11.8 Å². The summed E-state index contributed by atoms with van der Waals surface area (Å²) in [7, 11) is 0. The summed E-state index contributed by atoms with van der Waals surface area (Å²) in [5.41, 5.74) is 0. The van der Waals surface area contributed by atoms with Crippen LogP contribution in [0.25, 0.3) is 0 Å². The molecule has 1 aliphatic heterocycles. The molecule has 0 unspecified atom stereocenters. The lowest BCUT2D eigenvalue weighted by atomic mass is 9.90. The second kappa shape index (κ2) is 3.90. The van der Waals surface area contributed by atoms with Gasteiger partial charge >= 0.3 is 5.97 Å². The predicted octanol–water partition coefficient (Wildman–Crippen LogP) is 1.19. The minimum Gasteiger partial charge on any atom is -0.481 e. The van der Waals surface area contributed by atoms with Gasteiger partial charge in [-0.2, -0.15) is 0 Å². The molecule has 0 saturated carbocycles. The molecule has 0 aromatic rings. The maximum atomic E-state index is 10.8. The smallest absolute Gasteiger partial charge is 0.308 e. The number of nitrogens with zero attached hydrogens (tertiary/aromatic N) is 1. The Morgan fingerprint density at radius 1 is 1.67 bits per heavy atom. The molecule has 3 nitrogen and oxygen atoms in total. The molecule has 3 heteroatoms. The van der Waals surface area contributed by atoms with Crippen LogP contribution in [0.15, 0.2) is 0 Å². The second-order valence-corrected chi connectivity index (χ2v) is 3.46. The van der Waals surface area contributed by atoms with Gasteiger partial charge in [0.1, 0.15) is 0 Å². The molecule has 1 saturated heterocycles. The average molecular weight is 171 g/mol. The Bertz CT molecular complexity index is 170. The minimum atomic E-state index is -0.638. The zero-order chi connectivity index (χ0) is 9.14. The van der Waals surface area contributed by atoms with Gasteiger partial charge < -0.3 is 10.0 Å². The number of likely N-dealkylation sites (tertiary alicyclic amines) is 1. The van der Waals surface area contributed by atoms with Gasteiger partial charge in [-0.05, 0) is 32.9 Å². The van der Waals surface area contributed by atoms with Gasteiger partial charge in [0.15, 0.2) is 0 Å². The summed E-state index contributed by atoms with van der Waals surface area (Å²) < 4.78 is 0. The summed E-state index contributed by atoms with van der Waals surface area (Å²) in [5, 5.41) is 8.90. The van der Waals surface area contributed by atoms with E-state index < -0.39 is 5.97 Å². The molecular formula is C9H17NO2. The van der Waals surface area contributed by atoms with E-state index >= 15 is 0 Å². The Kier molecular flexibility index (Phi) is 3.09. The molecule has 0 radical (unpaired) electrons. The topological polar surface area (TPSA) is 40.5 Å². The Labute approximate surface area is 73.4 Å². The van der Waals surface area contributed by atoms with Gasteiger partial charge in [0.25, 0.3) is 0 Å². The fourth-order valence-electron chi connectivity index (χ4n) is 1.99. The minimum absolute atomic E-state index is 0.154. The van der Waals surface area contributed by atoms with E-state index in [1.807, 2.05) is 6.92 Å². The molecule has 0 bridgehead atoms. The molecule has 1 fully saturated rings. The molecule has 0 aliphatic carbocycles. The summed E-state index contributed by atoms with van der Waals surface area (Å²) in [6, 6.07) is 0.209. The molecule has 0 amide bonds.